The Morgan fingerprint density at radius 1 is 1.39 bits per heavy atom. The monoisotopic (exact) mass is 312 g/mol. The highest BCUT2D eigenvalue weighted by atomic mass is 16.5. The van der Waals surface area contributed by atoms with Gasteiger partial charge < -0.3 is 9.47 Å². The third-order valence-corrected chi connectivity index (χ3v) is 3.79. The molecule has 3 rings (SSSR count). The molecule has 1 aliphatic rings. The molecule has 5 heteroatoms. The molecule has 0 bridgehead atoms. The van der Waals surface area contributed by atoms with Crippen molar-refractivity contribution in [3.63, 3.8) is 0 Å². The van der Waals surface area contributed by atoms with E-state index in [0.29, 0.717) is 24.0 Å². The summed E-state index contributed by atoms with van der Waals surface area (Å²) in [5, 5.41) is 0. The number of carbonyl (C=O) groups excluding carboxylic acids is 1. The summed E-state index contributed by atoms with van der Waals surface area (Å²) in [4.78, 5) is 20.9. The number of pyridine rings is 2. The van der Waals surface area contributed by atoms with Crippen molar-refractivity contribution in [2.75, 3.05) is 19.8 Å². The van der Waals surface area contributed by atoms with Crippen LogP contribution >= 0.6 is 0 Å². The maximum absolute atomic E-state index is 12.4. The lowest BCUT2D eigenvalue weighted by molar-refractivity contribution is 0.0986. The molecule has 0 saturated carbocycles. The first-order valence-corrected chi connectivity index (χ1v) is 7.83. The fourth-order valence-electron chi connectivity index (χ4n) is 2.55. The molecule has 3 heterocycles. The van der Waals surface area contributed by atoms with Gasteiger partial charge in [-0.1, -0.05) is 6.07 Å². The van der Waals surface area contributed by atoms with E-state index in [2.05, 4.69) is 9.97 Å². The van der Waals surface area contributed by atoms with Crippen molar-refractivity contribution >= 4 is 5.78 Å². The first-order chi connectivity index (χ1) is 11.2. The number of hydrogen-bond acceptors (Lipinski definition) is 5. The van der Waals surface area contributed by atoms with Crippen LogP contribution in [0.4, 0.5) is 0 Å². The van der Waals surface area contributed by atoms with Crippen molar-refractivity contribution < 1.29 is 14.3 Å². The summed E-state index contributed by atoms with van der Waals surface area (Å²) in [7, 11) is 0. The first kappa shape index (κ1) is 15.6. The van der Waals surface area contributed by atoms with E-state index in [4.69, 9.17) is 9.47 Å². The zero-order chi connectivity index (χ0) is 16.1. The van der Waals surface area contributed by atoms with Crippen LogP contribution in [0.2, 0.25) is 0 Å². The zero-order valence-corrected chi connectivity index (χ0v) is 13.2. The smallest absolute Gasteiger partial charge is 0.187 e. The molecule has 1 aliphatic heterocycles. The number of hydrogen-bond donors (Lipinski definition) is 0. The summed E-state index contributed by atoms with van der Waals surface area (Å²) in [6.07, 6.45) is 2.95. The predicted molar refractivity (Wildman–Crippen MR) is 85.7 cm³/mol. The van der Waals surface area contributed by atoms with Crippen molar-refractivity contribution in [3.8, 4) is 5.75 Å². The summed E-state index contributed by atoms with van der Waals surface area (Å²) in [6, 6.07) is 9.11. The van der Waals surface area contributed by atoms with Crippen molar-refractivity contribution in [1.82, 2.24) is 9.97 Å². The first-order valence-electron chi connectivity index (χ1n) is 7.83. The van der Waals surface area contributed by atoms with Gasteiger partial charge in [0.2, 0.25) is 0 Å². The molecule has 0 radical (unpaired) electrons. The molecule has 0 spiro atoms. The molecule has 1 fully saturated rings. The van der Waals surface area contributed by atoms with Gasteiger partial charge in [0.15, 0.2) is 5.78 Å². The highest BCUT2D eigenvalue weighted by Crippen LogP contribution is 2.19. The van der Waals surface area contributed by atoms with Gasteiger partial charge in [0.25, 0.3) is 0 Å². The molecular formula is C18H20N2O3. The molecule has 2 aromatic rings. The van der Waals surface area contributed by atoms with E-state index >= 15 is 0 Å². The SMILES string of the molecule is Cc1cc(OC[C@H]2CCOC2)cc(C(=O)Cc2ccccn2)n1. The Morgan fingerprint density at radius 3 is 3.04 bits per heavy atom. The highest BCUT2D eigenvalue weighted by molar-refractivity contribution is 5.95. The molecule has 5 nitrogen and oxygen atoms in total. The molecule has 2 aromatic heterocycles. The molecule has 1 atom stereocenters. The quantitative estimate of drug-likeness (QED) is 0.767. The number of carbonyl (C=O) groups is 1. The van der Waals surface area contributed by atoms with Crippen molar-refractivity contribution in [1.29, 1.82) is 0 Å². The zero-order valence-electron chi connectivity index (χ0n) is 13.2. The second-order valence-electron chi connectivity index (χ2n) is 5.79. The Labute approximate surface area is 135 Å². The van der Waals surface area contributed by atoms with Crippen LogP contribution in [0, 0.1) is 12.8 Å². The van der Waals surface area contributed by atoms with Gasteiger partial charge >= 0.3 is 0 Å². The van der Waals surface area contributed by atoms with Gasteiger partial charge in [-0.05, 0) is 25.5 Å². The molecule has 23 heavy (non-hydrogen) atoms. The Balaban J connectivity index is 1.67. The van der Waals surface area contributed by atoms with Gasteiger partial charge in [-0.25, -0.2) is 4.98 Å². The number of rotatable bonds is 6. The summed E-state index contributed by atoms with van der Waals surface area (Å²) < 4.78 is 11.2. The van der Waals surface area contributed by atoms with E-state index < -0.39 is 0 Å². The largest absolute Gasteiger partial charge is 0.493 e. The Kier molecular flexibility index (Phi) is 4.98. The summed E-state index contributed by atoms with van der Waals surface area (Å²) >= 11 is 0. The fraction of sp³-hybridized carbons (Fsp3) is 0.389. The topological polar surface area (TPSA) is 61.3 Å². The molecular weight excluding hydrogens is 292 g/mol. The van der Waals surface area contributed by atoms with E-state index in [1.165, 1.54) is 0 Å². The van der Waals surface area contributed by atoms with E-state index in [-0.39, 0.29) is 12.2 Å². The summed E-state index contributed by atoms with van der Waals surface area (Å²) in [6.45, 7) is 4.02. The van der Waals surface area contributed by atoms with Crippen molar-refractivity contribution in [2.45, 2.75) is 19.8 Å². The standard InChI is InChI=1S/C18H20N2O3/c1-13-8-16(23-12-14-5-7-22-11-14)10-17(20-13)18(21)9-15-4-2-3-6-19-15/h2-4,6,8,10,14H,5,7,9,11-12H2,1H3/t14-/m0/s1. The van der Waals surface area contributed by atoms with E-state index in [1.54, 1.807) is 12.3 Å². The van der Waals surface area contributed by atoms with Crippen LogP contribution in [0.3, 0.4) is 0 Å². The molecule has 0 aliphatic carbocycles. The van der Waals surface area contributed by atoms with Crippen LogP contribution in [-0.4, -0.2) is 35.6 Å². The molecule has 120 valence electrons. The molecule has 0 amide bonds. The minimum atomic E-state index is -0.0542. The molecule has 1 saturated heterocycles. The Hall–Kier alpha value is -2.27. The number of ketones is 1. The lowest BCUT2D eigenvalue weighted by Crippen LogP contribution is -2.13. The Bertz CT molecular complexity index is 667. The van der Waals surface area contributed by atoms with Gasteiger partial charge in [-0.15, -0.1) is 0 Å². The average Bonchev–Trinajstić information content (AvgIpc) is 3.07. The normalized spacial score (nSPS) is 17.2. The Morgan fingerprint density at radius 2 is 2.30 bits per heavy atom. The predicted octanol–water partition coefficient (Wildman–Crippen LogP) is 2.63. The van der Waals surface area contributed by atoms with E-state index in [1.807, 2.05) is 31.2 Å². The number of aromatic nitrogens is 2. The maximum Gasteiger partial charge on any atom is 0.187 e. The summed E-state index contributed by atoms with van der Waals surface area (Å²) in [5.41, 5.74) is 1.94. The third-order valence-electron chi connectivity index (χ3n) is 3.79. The van der Waals surface area contributed by atoms with E-state index in [0.717, 1.165) is 31.0 Å². The maximum atomic E-state index is 12.4. The van der Waals surface area contributed by atoms with E-state index in [9.17, 15) is 4.79 Å². The average molecular weight is 312 g/mol. The van der Waals surface area contributed by atoms with Crippen LogP contribution < -0.4 is 4.74 Å². The second-order valence-corrected chi connectivity index (χ2v) is 5.79. The molecule has 0 N–H and O–H groups in total. The van der Waals surface area contributed by atoms with Crippen LogP contribution in [0.15, 0.2) is 36.5 Å². The number of aryl methyl sites for hydroxylation is 1. The molecule has 0 aromatic carbocycles. The minimum Gasteiger partial charge on any atom is -0.493 e. The van der Waals surface area contributed by atoms with Gasteiger partial charge in [0.1, 0.15) is 11.4 Å². The highest BCUT2D eigenvalue weighted by Gasteiger charge is 2.17. The minimum absolute atomic E-state index is 0.0542. The van der Waals surface area contributed by atoms with Gasteiger partial charge in [0, 0.05) is 42.2 Å². The second kappa shape index (κ2) is 7.33. The lowest BCUT2D eigenvalue weighted by Gasteiger charge is -2.11. The van der Waals surface area contributed by atoms with Crippen LogP contribution in [0.1, 0.15) is 28.3 Å². The third kappa shape index (κ3) is 4.36. The lowest BCUT2D eigenvalue weighted by atomic mass is 10.1. The fourth-order valence-corrected chi connectivity index (χ4v) is 2.55. The number of nitrogens with zero attached hydrogens (tertiary/aromatic N) is 2. The molecule has 0 unspecified atom stereocenters. The van der Waals surface area contributed by atoms with Crippen LogP contribution in [0.25, 0.3) is 0 Å². The van der Waals surface area contributed by atoms with Crippen LogP contribution in [0.5, 0.6) is 5.75 Å². The van der Waals surface area contributed by atoms with Crippen molar-refractivity contribution in [3.05, 3.63) is 53.6 Å². The van der Waals surface area contributed by atoms with Gasteiger partial charge in [-0.3, -0.25) is 9.78 Å². The van der Waals surface area contributed by atoms with Gasteiger partial charge in [-0.2, -0.15) is 0 Å². The summed E-state index contributed by atoms with van der Waals surface area (Å²) in [5.74, 6) is 1.06. The number of Topliss-reactive ketones (excluding diaryl/α,β-unsaturated/α-hetero) is 1. The van der Waals surface area contributed by atoms with Gasteiger partial charge in [0.05, 0.1) is 19.6 Å². The van der Waals surface area contributed by atoms with Crippen molar-refractivity contribution in [2.24, 2.45) is 5.92 Å². The number of ether oxygens (including phenoxy) is 2. The van der Waals surface area contributed by atoms with Crippen LogP contribution in [-0.2, 0) is 11.2 Å².